The van der Waals surface area contributed by atoms with Gasteiger partial charge >= 0.3 is 5.63 Å². The number of rotatable bonds is 5. The number of hydrogen-bond donors (Lipinski definition) is 2. The van der Waals surface area contributed by atoms with Crippen LogP contribution in [0.2, 0.25) is 0 Å². The second kappa shape index (κ2) is 5.74. The quantitative estimate of drug-likeness (QED) is 0.795. The maximum atomic E-state index is 12.2. The van der Waals surface area contributed by atoms with Crippen LogP contribution >= 0.6 is 0 Å². The maximum absolute atomic E-state index is 12.2. The van der Waals surface area contributed by atoms with E-state index in [4.69, 9.17) is 10.2 Å². The number of sulfonamides is 1. The normalized spacial score (nSPS) is 13.5. The fourth-order valence-corrected chi connectivity index (χ4v) is 3.17. The van der Waals surface area contributed by atoms with Crippen LogP contribution in [0.3, 0.4) is 0 Å². The van der Waals surface area contributed by atoms with Crippen LogP contribution in [0.4, 0.5) is 0 Å². The molecule has 1 aromatic heterocycles. The summed E-state index contributed by atoms with van der Waals surface area (Å²) in [6.45, 7) is 2.09. The molecule has 1 unspecified atom stereocenters. The van der Waals surface area contributed by atoms with Crippen LogP contribution in [0.15, 0.2) is 44.4 Å². The Hall–Kier alpha value is -1.70. The highest BCUT2D eigenvalue weighted by molar-refractivity contribution is 7.89. The Morgan fingerprint density at radius 3 is 2.70 bits per heavy atom. The Morgan fingerprint density at radius 2 is 2.05 bits per heavy atom. The Kier molecular flexibility index (Phi) is 4.22. The van der Waals surface area contributed by atoms with Crippen molar-refractivity contribution in [2.45, 2.75) is 24.3 Å². The third-order valence-electron chi connectivity index (χ3n) is 3.00. The minimum atomic E-state index is -3.64. The van der Waals surface area contributed by atoms with Crippen molar-refractivity contribution in [2.24, 2.45) is 5.73 Å². The molecule has 3 N–H and O–H groups in total. The van der Waals surface area contributed by atoms with E-state index in [9.17, 15) is 13.2 Å². The molecule has 0 aliphatic carbocycles. The lowest BCUT2D eigenvalue weighted by atomic mass is 10.2. The first-order chi connectivity index (χ1) is 9.46. The molecule has 108 valence electrons. The first kappa shape index (κ1) is 14.7. The van der Waals surface area contributed by atoms with Gasteiger partial charge in [-0.1, -0.05) is 6.92 Å². The molecule has 0 amide bonds. The number of fused-ring (bicyclic) bond motifs is 1. The predicted octanol–water partition coefficient (Wildman–Crippen LogP) is 0.809. The van der Waals surface area contributed by atoms with Crippen molar-refractivity contribution in [3.8, 4) is 0 Å². The molecule has 6 nitrogen and oxygen atoms in total. The number of nitrogens with one attached hydrogen (secondary N) is 1. The van der Waals surface area contributed by atoms with Crippen molar-refractivity contribution in [1.82, 2.24) is 4.72 Å². The topological polar surface area (TPSA) is 102 Å². The van der Waals surface area contributed by atoms with Gasteiger partial charge in [0.1, 0.15) is 5.58 Å². The fraction of sp³-hybridized carbons (Fsp3) is 0.308. The highest BCUT2D eigenvalue weighted by Crippen LogP contribution is 2.18. The van der Waals surface area contributed by atoms with Gasteiger partial charge in [0.15, 0.2) is 0 Å². The Bertz CT molecular complexity index is 763. The summed E-state index contributed by atoms with van der Waals surface area (Å²) in [6.07, 6.45) is 0.609. The van der Waals surface area contributed by atoms with Gasteiger partial charge in [0, 0.05) is 24.0 Å². The maximum Gasteiger partial charge on any atom is 0.336 e. The molecule has 20 heavy (non-hydrogen) atoms. The van der Waals surface area contributed by atoms with Gasteiger partial charge in [0.05, 0.1) is 4.90 Å². The molecule has 0 fully saturated rings. The summed E-state index contributed by atoms with van der Waals surface area (Å²) >= 11 is 0. The predicted molar refractivity (Wildman–Crippen MR) is 75.9 cm³/mol. The summed E-state index contributed by atoms with van der Waals surface area (Å²) in [5.74, 6) is 0. The first-order valence-electron chi connectivity index (χ1n) is 6.22. The third-order valence-corrected chi connectivity index (χ3v) is 4.52. The largest absolute Gasteiger partial charge is 0.423 e. The first-order valence-corrected chi connectivity index (χ1v) is 7.71. The number of nitrogens with two attached hydrogens (primary N) is 1. The summed E-state index contributed by atoms with van der Waals surface area (Å²) < 4.78 is 31.9. The summed E-state index contributed by atoms with van der Waals surface area (Å²) in [7, 11) is -3.64. The van der Waals surface area contributed by atoms with Crippen molar-refractivity contribution < 1.29 is 12.8 Å². The SMILES string of the molecule is CCC(CN)NS(=O)(=O)c1ccc2oc(=O)ccc2c1. The Balaban J connectivity index is 2.42. The minimum Gasteiger partial charge on any atom is -0.423 e. The van der Waals surface area contributed by atoms with Gasteiger partial charge < -0.3 is 10.2 Å². The van der Waals surface area contributed by atoms with Gasteiger partial charge in [-0.25, -0.2) is 17.9 Å². The summed E-state index contributed by atoms with van der Waals surface area (Å²) in [6, 6.07) is 6.81. The van der Waals surface area contributed by atoms with Crippen LogP contribution in [0, 0.1) is 0 Å². The molecule has 1 aromatic carbocycles. The second-order valence-corrected chi connectivity index (χ2v) is 6.13. The van der Waals surface area contributed by atoms with E-state index in [1.165, 1.54) is 30.3 Å². The molecule has 0 radical (unpaired) electrons. The zero-order chi connectivity index (χ0) is 14.8. The molecule has 1 atom stereocenters. The number of benzene rings is 1. The summed E-state index contributed by atoms with van der Waals surface area (Å²) in [5, 5.41) is 0.549. The van der Waals surface area contributed by atoms with Crippen LogP contribution in [-0.2, 0) is 10.0 Å². The van der Waals surface area contributed by atoms with E-state index in [0.717, 1.165) is 0 Å². The average Bonchev–Trinajstić information content (AvgIpc) is 2.44. The molecule has 0 bridgehead atoms. The Labute approximate surface area is 116 Å². The van der Waals surface area contributed by atoms with Gasteiger partial charge in [0.25, 0.3) is 0 Å². The summed E-state index contributed by atoms with van der Waals surface area (Å²) in [5.41, 5.74) is 5.38. The lowest BCUT2D eigenvalue weighted by Gasteiger charge is -2.15. The van der Waals surface area contributed by atoms with Crippen LogP contribution in [0.5, 0.6) is 0 Å². The molecular weight excluding hydrogens is 280 g/mol. The van der Waals surface area contributed by atoms with Crippen molar-refractivity contribution in [3.63, 3.8) is 0 Å². The summed E-state index contributed by atoms with van der Waals surface area (Å²) in [4.78, 5) is 11.2. The molecular formula is C13H16N2O4S. The van der Waals surface area contributed by atoms with Crippen molar-refractivity contribution >= 4 is 21.0 Å². The average molecular weight is 296 g/mol. The van der Waals surface area contributed by atoms with E-state index in [0.29, 0.717) is 17.4 Å². The number of hydrogen-bond acceptors (Lipinski definition) is 5. The second-order valence-electron chi connectivity index (χ2n) is 4.42. The lowest BCUT2D eigenvalue weighted by Crippen LogP contribution is -2.39. The van der Waals surface area contributed by atoms with Crippen LogP contribution in [0.1, 0.15) is 13.3 Å². The standard InChI is InChI=1S/C13H16N2O4S/c1-2-10(8-14)15-20(17,18)11-4-5-12-9(7-11)3-6-13(16)19-12/h3-7,10,15H,2,8,14H2,1H3. The van der Waals surface area contributed by atoms with Gasteiger partial charge in [0.2, 0.25) is 10.0 Å². The van der Waals surface area contributed by atoms with Crippen molar-refractivity contribution in [2.75, 3.05) is 6.54 Å². The molecule has 2 aromatic rings. The molecule has 0 saturated heterocycles. The Morgan fingerprint density at radius 1 is 1.30 bits per heavy atom. The zero-order valence-electron chi connectivity index (χ0n) is 11.0. The molecule has 0 saturated carbocycles. The van der Waals surface area contributed by atoms with Crippen molar-refractivity contribution in [3.05, 3.63) is 40.8 Å². The molecule has 7 heteroatoms. The van der Waals surface area contributed by atoms with Gasteiger partial charge in [-0.15, -0.1) is 0 Å². The van der Waals surface area contributed by atoms with E-state index in [1.807, 2.05) is 6.92 Å². The highest BCUT2D eigenvalue weighted by atomic mass is 32.2. The minimum absolute atomic E-state index is 0.116. The molecule has 1 heterocycles. The van der Waals surface area contributed by atoms with E-state index in [-0.39, 0.29) is 17.5 Å². The lowest BCUT2D eigenvalue weighted by molar-refractivity contribution is 0.542. The van der Waals surface area contributed by atoms with E-state index in [2.05, 4.69) is 4.72 Å². The van der Waals surface area contributed by atoms with Crippen LogP contribution < -0.4 is 16.1 Å². The van der Waals surface area contributed by atoms with E-state index in [1.54, 1.807) is 0 Å². The third kappa shape index (κ3) is 3.06. The highest BCUT2D eigenvalue weighted by Gasteiger charge is 2.18. The molecule has 0 aliphatic heterocycles. The van der Waals surface area contributed by atoms with Crippen LogP contribution in [-0.4, -0.2) is 21.0 Å². The van der Waals surface area contributed by atoms with Crippen molar-refractivity contribution in [1.29, 1.82) is 0 Å². The van der Waals surface area contributed by atoms with Gasteiger partial charge in [-0.3, -0.25) is 0 Å². The smallest absolute Gasteiger partial charge is 0.336 e. The van der Waals surface area contributed by atoms with E-state index < -0.39 is 15.6 Å². The molecule has 0 spiro atoms. The fourth-order valence-electron chi connectivity index (χ4n) is 1.80. The van der Waals surface area contributed by atoms with Gasteiger partial charge in [-0.05, 0) is 30.7 Å². The molecule has 0 aliphatic rings. The monoisotopic (exact) mass is 296 g/mol. The van der Waals surface area contributed by atoms with Gasteiger partial charge in [-0.2, -0.15) is 0 Å². The van der Waals surface area contributed by atoms with Crippen LogP contribution in [0.25, 0.3) is 11.0 Å². The van der Waals surface area contributed by atoms with E-state index >= 15 is 0 Å². The zero-order valence-corrected chi connectivity index (χ0v) is 11.8. The molecule has 2 rings (SSSR count).